The summed E-state index contributed by atoms with van der Waals surface area (Å²) in [7, 11) is 0. The molecule has 0 radical (unpaired) electrons. The molecule has 1 heterocycles. The summed E-state index contributed by atoms with van der Waals surface area (Å²) in [6.45, 7) is 4.33. The Morgan fingerprint density at radius 3 is 2.45 bits per heavy atom. The molecule has 0 aliphatic heterocycles. The van der Waals surface area contributed by atoms with E-state index >= 15 is 0 Å². The molecule has 3 rings (SSSR count). The molecule has 2 aromatic carbocycles. The lowest BCUT2D eigenvalue weighted by molar-refractivity contribution is -0.138. The van der Waals surface area contributed by atoms with E-state index in [4.69, 9.17) is 4.42 Å². The fraction of sp³-hybridized carbons (Fsp3) is 0.304. The minimum Gasteiger partial charge on any atom is -0.447 e. The van der Waals surface area contributed by atoms with Gasteiger partial charge in [0.15, 0.2) is 5.69 Å². The second kappa shape index (κ2) is 9.78. The Bertz CT molecular complexity index is 1000. The summed E-state index contributed by atoms with van der Waals surface area (Å²) < 4.78 is 46.0. The van der Waals surface area contributed by atoms with Gasteiger partial charge in [-0.15, -0.1) is 0 Å². The number of rotatable bonds is 8. The smallest absolute Gasteiger partial charge is 0.416 e. The number of aromatic nitrogens is 1. The molecule has 0 saturated carbocycles. The Kier molecular flexibility index (Phi) is 7.12. The van der Waals surface area contributed by atoms with Crippen molar-refractivity contribution in [2.75, 3.05) is 6.54 Å². The van der Waals surface area contributed by atoms with Crippen LogP contribution in [-0.4, -0.2) is 22.3 Å². The van der Waals surface area contributed by atoms with E-state index in [0.717, 1.165) is 11.6 Å². The summed E-state index contributed by atoms with van der Waals surface area (Å²) in [4.78, 5) is 18.0. The number of halogens is 3. The molecule has 0 aliphatic carbocycles. The van der Waals surface area contributed by atoms with E-state index in [2.05, 4.69) is 10.3 Å². The predicted molar refractivity (Wildman–Crippen MR) is 110 cm³/mol. The van der Waals surface area contributed by atoms with Crippen LogP contribution < -0.4 is 5.32 Å². The van der Waals surface area contributed by atoms with Crippen LogP contribution in [-0.2, 0) is 19.3 Å². The number of alkyl halides is 3. The van der Waals surface area contributed by atoms with E-state index in [-0.39, 0.29) is 42.2 Å². The second-order valence-corrected chi connectivity index (χ2v) is 7.13. The first kappa shape index (κ1) is 22.6. The topological polar surface area (TPSA) is 58.4 Å². The highest BCUT2D eigenvalue weighted by Gasteiger charge is 2.34. The SMILES string of the molecule is CCNC(=O)c1coc(CN(Cc2ccccc2C(F)(F)F)[C@@H](C)c2ccccc2)n1. The number of hydrogen-bond acceptors (Lipinski definition) is 4. The van der Waals surface area contributed by atoms with Crippen LogP contribution in [0.1, 0.15) is 53.0 Å². The summed E-state index contributed by atoms with van der Waals surface area (Å²) >= 11 is 0. The van der Waals surface area contributed by atoms with Crippen molar-refractivity contribution in [2.45, 2.75) is 39.2 Å². The van der Waals surface area contributed by atoms with Gasteiger partial charge in [-0.2, -0.15) is 13.2 Å². The van der Waals surface area contributed by atoms with Crippen LogP contribution in [0, 0.1) is 0 Å². The lowest BCUT2D eigenvalue weighted by Gasteiger charge is -2.29. The largest absolute Gasteiger partial charge is 0.447 e. The third-order valence-corrected chi connectivity index (χ3v) is 4.99. The lowest BCUT2D eigenvalue weighted by Crippen LogP contribution is -2.28. The zero-order valence-electron chi connectivity index (χ0n) is 17.3. The fourth-order valence-electron chi connectivity index (χ4n) is 3.34. The van der Waals surface area contributed by atoms with Crippen molar-refractivity contribution in [3.05, 3.63) is 89.1 Å². The fourth-order valence-corrected chi connectivity index (χ4v) is 3.34. The molecule has 1 aromatic heterocycles. The molecule has 0 aliphatic rings. The number of carbonyl (C=O) groups excluding carboxylic acids is 1. The van der Waals surface area contributed by atoms with E-state index in [9.17, 15) is 18.0 Å². The van der Waals surface area contributed by atoms with Gasteiger partial charge in [0.25, 0.3) is 5.91 Å². The average Bonchev–Trinajstić information content (AvgIpc) is 3.22. The van der Waals surface area contributed by atoms with Crippen molar-refractivity contribution >= 4 is 5.91 Å². The van der Waals surface area contributed by atoms with Crippen LogP contribution in [0.5, 0.6) is 0 Å². The van der Waals surface area contributed by atoms with Crippen molar-refractivity contribution in [3.8, 4) is 0 Å². The zero-order valence-corrected chi connectivity index (χ0v) is 17.3. The quantitative estimate of drug-likeness (QED) is 0.532. The third kappa shape index (κ3) is 5.73. The van der Waals surface area contributed by atoms with Crippen molar-refractivity contribution in [1.29, 1.82) is 0 Å². The number of benzene rings is 2. The van der Waals surface area contributed by atoms with Gasteiger partial charge in [-0.05, 0) is 31.0 Å². The number of carbonyl (C=O) groups is 1. The zero-order chi connectivity index (χ0) is 22.4. The predicted octanol–water partition coefficient (Wildman–Crippen LogP) is 5.21. The first-order valence-electron chi connectivity index (χ1n) is 9.96. The Morgan fingerprint density at radius 2 is 1.77 bits per heavy atom. The first-order valence-corrected chi connectivity index (χ1v) is 9.96. The van der Waals surface area contributed by atoms with Crippen molar-refractivity contribution in [3.63, 3.8) is 0 Å². The molecule has 1 N–H and O–H groups in total. The first-order chi connectivity index (χ1) is 14.8. The van der Waals surface area contributed by atoms with Crippen molar-refractivity contribution in [2.24, 2.45) is 0 Å². The van der Waals surface area contributed by atoms with Gasteiger partial charge < -0.3 is 9.73 Å². The van der Waals surface area contributed by atoms with Gasteiger partial charge >= 0.3 is 6.18 Å². The van der Waals surface area contributed by atoms with Gasteiger partial charge in [-0.1, -0.05) is 48.5 Å². The molecular formula is C23H24F3N3O2. The molecule has 0 spiro atoms. The van der Waals surface area contributed by atoms with Gasteiger partial charge in [0, 0.05) is 19.1 Å². The normalized spacial score (nSPS) is 12.7. The summed E-state index contributed by atoms with van der Waals surface area (Å²) in [5.74, 6) is -0.101. The third-order valence-electron chi connectivity index (χ3n) is 4.99. The minimum absolute atomic E-state index is 0.0324. The lowest BCUT2D eigenvalue weighted by atomic mass is 10.0. The molecule has 0 saturated heterocycles. The molecule has 0 fully saturated rings. The van der Waals surface area contributed by atoms with Crippen LogP contribution in [0.2, 0.25) is 0 Å². The van der Waals surface area contributed by atoms with Gasteiger partial charge in [0.05, 0.1) is 12.1 Å². The van der Waals surface area contributed by atoms with E-state index < -0.39 is 11.7 Å². The van der Waals surface area contributed by atoms with Crippen molar-refractivity contribution in [1.82, 2.24) is 15.2 Å². The minimum atomic E-state index is -4.45. The van der Waals surface area contributed by atoms with Crippen molar-refractivity contribution < 1.29 is 22.4 Å². The maximum absolute atomic E-state index is 13.5. The Morgan fingerprint density at radius 1 is 1.10 bits per heavy atom. The van der Waals surface area contributed by atoms with Gasteiger partial charge in [-0.25, -0.2) is 4.98 Å². The number of nitrogens with one attached hydrogen (secondary N) is 1. The van der Waals surface area contributed by atoms with Crippen LogP contribution in [0.4, 0.5) is 13.2 Å². The Hall–Kier alpha value is -3.13. The van der Waals surface area contributed by atoms with Crippen LogP contribution >= 0.6 is 0 Å². The number of hydrogen-bond donors (Lipinski definition) is 1. The molecule has 1 atom stereocenters. The maximum atomic E-state index is 13.5. The molecular weight excluding hydrogens is 407 g/mol. The number of amides is 1. The highest BCUT2D eigenvalue weighted by atomic mass is 19.4. The molecule has 164 valence electrons. The van der Waals surface area contributed by atoms with E-state index in [0.29, 0.717) is 6.54 Å². The molecule has 1 amide bonds. The van der Waals surface area contributed by atoms with Crippen LogP contribution in [0.15, 0.2) is 65.3 Å². The van der Waals surface area contributed by atoms with Crippen LogP contribution in [0.3, 0.4) is 0 Å². The average molecular weight is 431 g/mol. The summed E-state index contributed by atoms with van der Waals surface area (Å²) in [6, 6.07) is 14.8. The number of oxazole rings is 1. The van der Waals surface area contributed by atoms with Crippen LogP contribution in [0.25, 0.3) is 0 Å². The maximum Gasteiger partial charge on any atom is 0.416 e. The van der Waals surface area contributed by atoms with Gasteiger partial charge in [-0.3, -0.25) is 9.69 Å². The second-order valence-electron chi connectivity index (χ2n) is 7.13. The summed E-state index contributed by atoms with van der Waals surface area (Å²) in [5, 5.41) is 2.64. The summed E-state index contributed by atoms with van der Waals surface area (Å²) in [6.07, 6.45) is -3.19. The molecule has 0 unspecified atom stereocenters. The molecule has 3 aromatic rings. The Labute approximate surface area is 178 Å². The summed E-state index contributed by atoms with van der Waals surface area (Å²) in [5.41, 5.74) is 0.575. The standard InChI is InChI=1S/C23H24F3N3O2/c1-3-27-22(30)20-15-31-21(28-20)14-29(16(2)17-9-5-4-6-10-17)13-18-11-7-8-12-19(18)23(24,25)26/h4-12,15-16H,3,13-14H2,1-2H3,(H,27,30)/t16-/m0/s1. The highest BCUT2D eigenvalue weighted by Crippen LogP contribution is 2.34. The highest BCUT2D eigenvalue weighted by molar-refractivity contribution is 5.91. The molecule has 8 heteroatoms. The van der Waals surface area contributed by atoms with E-state index in [1.807, 2.05) is 42.2 Å². The van der Waals surface area contributed by atoms with Gasteiger partial charge in [0.2, 0.25) is 5.89 Å². The molecule has 5 nitrogen and oxygen atoms in total. The molecule has 0 bridgehead atoms. The van der Waals surface area contributed by atoms with Gasteiger partial charge in [0.1, 0.15) is 6.26 Å². The van der Waals surface area contributed by atoms with E-state index in [1.165, 1.54) is 18.4 Å². The number of nitrogens with zero attached hydrogens (tertiary/aromatic N) is 2. The monoisotopic (exact) mass is 431 g/mol. The molecule has 31 heavy (non-hydrogen) atoms. The Balaban J connectivity index is 1.90. The van der Waals surface area contributed by atoms with E-state index in [1.54, 1.807) is 13.0 Å².